The van der Waals surface area contributed by atoms with Gasteiger partial charge in [-0.2, -0.15) is 0 Å². The van der Waals surface area contributed by atoms with Gasteiger partial charge in [-0.15, -0.1) is 15.3 Å². The summed E-state index contributed by atoms with van der Waals surface area (Å²) in [4.78, 5) is 26.8. The van der Waals surface area contributed by atoms with Gasteiger partial charge in [-0.1, -0.05) is 0 Å². The van der Waals surface area contributed by atoms with Crippen LogP contribution >= 0.6 is 0 Å². The molecule has 6 rings (SSSR count). The Hall–Kier alpha value is -5.19. The molecule has 0 radical (unpaired) electrons. The van der Waals surface area contributed by atoms with E-state index in [0.29, 0.717) is 58.7 Å². The molecule has 11 heteroatoms. The maximum atomic E-state index is 13.7. The van der Waals surface area contributed by atoms with E-state index in [4.69, 9.17) is 18.9 Å². The van der Waals surface area contributed by atoms with Gasteiger partial charge in [0, 0.05) is 16.7 Å². The first-order valence-corrected chi connectivity index (χ1v) is 12.1. The van der Waals surface area contributed by atoms with E-state index in [2.05, 4.69) is 15.3 Å². The van der Waals surface area contributed by atoms with Crippen molar-refractivity contribution >= 4 is 11.6 Å². The van der Waals surface area contributed by atoms with Gasteiger partial charge in [0.15, 0.2) is 17.3 Å². The lowest BCUT2D eigenvalue weighted by Crippen LogP contribution is -2.26. The van der Waals surface area contributed by atoms with E-state index in [0.717, 1.165) is 10.2 Å². The number of hydrogen-bond donors (Lipinski definition) is 0. The Labute approximate surface area is 222 Å². The molecule has 3 aromatic carbocycles. The maximum absolute atomic E-state index is 13.7. The molecule has 0 amide bonds. The van der Waals surface area contributed by atoms with Gasteiger partial charge in [0.1, 0.15) is 37.0 Å². The number of nitrogens with zero attached hydrogens (tertiary/aromatic N) is 5. The molecule has 39 heavy (non-hydrogen) atoms. The smallest absolute Gasteiger partial charge is 0.352 e. The molecule has 0 fully saturated rings. The zero-order valence-electron chi connectivity index (χ0n) is 21.2. The number of carbonyl (C=O) groups excluding carboxylic acids is 1. The van der Waals surface area contributed by atoms with Crippen LogP contribution in [-0.2, 0) is 6.54 Å². The van der Waals surface area contributed by atoms with Gasteiger partial charge in [-0.05, 0) is 66.7 Å². The summed E-state index contributed by atoms with van der Waals surface area (Å²) < 4.78 is 24.2. The topological polar surface area (TPSA) is 119 Å². The fourth-order valence-electron chi connectivity index (χ4n) is 4.41. The van der Waals surface area contributed by atoms with Crippen molar-refractivity contribution in [3.8, 4) is 45.5 Å². The van der Waals surface area contributed by atoms with Crippen LogP contribution in [0.5, 0.6) is 23.0 Å². The summed E-state index contributed by atoms with van der Waals surface area (Å²) in [5, 5.41) is 13.0. The third kappa shape index (κ3) is 4.43. The summed E-state index contributed by atoms with van der Waals surface area (Å²) >= 11 is 0. The van der Waals surface area contributed by atoms with Crippen LogP contribution in [0, 0.1) is 0 Å². The highest BCUT2D eigenvalue weighted by atomic mass is 16.6. The van der Waals surface area contributed by atoms with Gasteiger partial charge in [0.2, 0.25) is 0 Å². The molecular weight excluding hydrogens is 502 g/mol. The Bertz CT molecular complexity index is 1740. The van der Waals surface area contributed by atoms with Crippen molar-refractivity contribution in [2.45, 2.75) is 6.54 Å². The Morgan fingerprint density at radius 3 is 2.15 bits per heavy atom. The largest absolute Gasteiger partial charge is 0.497 e. The number of ketones is 1. The lowest BCUT2D eigenvalue weighted by molar-refractivity contribution is 0.0965. The SMILES string of the molecule is COc1ccc(-c2nnc3nn(CC(=O)c4ccc5c(c4)OCCO5)c(=O)n3c2-c2ccc(OC)cc2)cc1. The van der Waals surface area contributed by atoms with Crippen molar-refractivity contribution in [3.63, 3.8) is 0 Å². The van der Waals surface area contributed by atoms with Gasteiger partial charge in [0.25, 0.3) is 5.78 Å². The van der Waals surface area contributed by atoms with E-state index in [1.807, 2.05) is 24.3 Å². The number of carbonyl (C=O) groups is 1. The van der Waals surface area contributed by atoms with E-state index in [9.17, 15) is 9.59 Å². The Morgan fingerprint density at radius 2 is 1.49 bits per heavy atom. The third-order valence-corrected chi connectivity index (χ3v) is 6.39. The number of rotatable bonds is 7. The summed E-state index contributed by atoms with van der Waals surface area (Å²) in [6.45, 7) is 0.564. The van der Waals surface area contributed by atoms with Crippen molar-refractivity contribution in [2.75, 3.05) is 27.4 Å². The summed E-state index contributed by atoms with van der Waals surface area (Å²) in [6, 6.07) is 19.4. The molecule has 0 spiro atoms. The van der Waals surface area contributed by atoms with Crippen LogP contribution in [0.15, 0.2) is 71.5 Å². The van der Waals surface area contributed by atoms with Crippen LogP contribution in [0.1, 0.15) is 10.4 Å². The molecule has 11 nitrogen and oxygen atoms in total. The van der Waals surface area contributed by atoms with Crippen molar-refractivity contribution in [1.82, 2.24) is 24.4 Å². The number of aromatic nitrogens is 5. The summed E-state index contributed by atoms with van der Waals surface area (Å²) in [5.74, 6) is 2.17. The van der Waals surface area contributed by atoms with Crippen LogP contribution in [0.2, 0.25) is 0 Å². The number of Topliss-reactive ketones (excluding diaryl/α,β-unsaturated/α-hetero) is 1. The molecule has 5 aromatic rings. The first kappa shape index (κ1) is 24.2. The van der Waals surface area contributed by atoms with Crippen molar-refractivity contribution < 1.29 is 23.7 Å². The maximum Gasteiger partial charge on any atom is 0.352 e. The molecule has 0 aliphatic carbocycles. The zero-order valence-corrected chi connectivity index (χ0v) is 21.2. The van der Waals surface area contributed by atoms with Crippen LogP contribution in [0.25, 0.3) is 28.3 Å². The van der Waals surface area contributed by atoms with Crippen molar-refractivity contribution in [3.05, 3.63) is 82.8 Å². The molecular formula is C28H23N5O6. The highest BCUT2D eigenvalue weighted by Crippen LogP contribution is 2.32. The third-order valence-electron chi connectivity index (χ3n) is 6.39. The lowest BCUT2D eigenvalue weighted by Gasteiger charge is -2.18. The second-order valence-electron chi connectivity index (χ2n) is 8.71. The molecule has 0 saturated heterocycles. The van der Waals surface area contributed by atoms with Crippen molar-refractivity contribution in [2.24, 2.45) is 0 Å². The van der Waals surface area contributed by atoms with Crippen LogP contribution in [-0.4, -0.2) is 57.6 Å². The second kappa shape index (κ2) is 9.93. The molecule has 3 heterocycles. The first-order valence-electron chi connectivity index (χ1n) is 12.1. The summed E-state index contributed by atoms with van der Waals surface area (Å²) in [6.07, 6.45) is 0. The highest BCUT2D eigenvalue weighted by Gasteiger charge is 2.22. The minimum atomic E-state index is -0.522. The summed E-state index contributed by atoms with van der Waals surface area (Å²) in [7, 11) is 3.17. The van der Waals surface area contributed by atoms with Crippen LogP contribution in [0.4, 0.5) is 0 Å². The minimum Gasteiger partial charge on any atom is -0.497 e. The van der Waals surface area contributed by atoms with E-state index in [1.165, 1.54) is 4.40 Å². The molecule has 0 unspecified atom stereocenters. The standard InChI is InChI=1S/C28H23N5O6/c1-36-20-8-3-17(4-9-20)25-26(18-5-10-21(37-2)11-6-18)33-27(30-29-25)31-32(28(33)35)16-22(34)19-7-12-23-24(15-19)39-14-13-38-23/h3-12,15H,13-14,16H2,1-2H3. The quantitative estimate of drug-likeness (QED) is 0.295. The normalized spacial score (nSPS) is 12.4. The lowest BCUT2D eigenvalue weighted by atomic mass is 10.0. The van der Waals surface area contributed by atoms with E-state index < -0.39 is 5.69 Å². The average molecular weight is 526 g/mol. The molecule has 1 aliphatic heterocycles. The van der Waals surface area contributed by atoms with Crippen molar-refractivity contribution in [1.29, 1.82) is 0 Å². The number of hydrogen-bond acceptors (Lipinski definition) is 9. The van der Waals surface area contributed by atoms with E-state index in [-0.39, 0.29) is 18.1 Å². The molecule has 1 aliphatic rings. The van der Waals surface area contributed by atoms with Gasteiger partial charge < -0.3 is 18.9 Å². The van der Waals surface area contributed by atoms with Gasteiger partial charge in [-0.25, -0.2) is 13.9 Å². The molecule has 196 valence electrons. The fraction of sp³-hybridized carbons (Fsp3) is 0.179. The molecule has 2 aromatic heterocycles. The monoisotopic (exact) mass is 525 g/mol. The highest BCUT2D eigenvalue weighted by molar-refractivity contribution is 5.96. The van der Waals surface area contributed by atoms with Gasteiger partial charge in [0.05, 0.1) is 19.9 Å². The summed E-state index contributed by atoms with van der Waals surface area (Å²) in [5.41, 5.74) is 2.23. The van der Waals surface area contributed by atoms with Crippen LogP contribution < -0.4 is 24.6 Å². The van der Waals surface area contributed by atoms with E-state index >= 15 is 0 Å². The number of methoxy groups -OCH3 is 2. The number of benzene rings is 3. The Kier molecular flexibility index (Phi) is 6.16. The first-order chi connectivity index (χ1) is 19.1. The van der Waals surface area contributed by atoms with Gasteiger partial charge >= 0.3 is 5.69 Å². The molecule has 0 bridgehead atoms. The van der Waals surface area contributed by atoms with Gasteiger partial charge in [-0.3, -0.25) is 4.79 Å². The zero-order chi connectivity index (χ0) is 26.9. The Morgan fingerprint density at radius 1 is 0.846 bits per heavy atom. The minimum absolute atomic E-state index is 0.0676. The molecule has 0 atom stereocenters. The molecule has 0 saturated carbocycles. The van der Waals surface area contributed by atoms with E-state index in [1.54, 1.807) is 56.7 Å². The predicted molar refractivity (Wildman–Crippen MR) is 141 cm³/mol. The number of fused-ring (bicyclic) bond motifs is 2. The van der Waals surface area contributed by atoms with Crippen LogP contribution in [0.3, 0.4) is 0 Å². The molecule has 0 N–H and O–H groups in total. The predicted octanol–water partition coefficient (Wildman–Crippen LogP) is 3.29. The Balaban J connectivity index is 1.45. The second-order valence-corrected chi connectivity index (χ2v) is 8.71. The number of ether oxygens (including phenoxy) is 4. The average Bonchev–Trinajstić information content (AvgIpc) is 3.31. The fourth-order valence-corrected chi connectivity index (χ4v) is 4.41.